The molecule has 0 unspecified atom stereocenters. The first-order valence-electron chi connectivity index (χ1n) is 8.81. The quantitative estimate of drug-likeness (QED) is 0.474. The Kier molecular flexibility index (Phi) is 7.50. The molecule has 0 spiro atoms. The number of aromatic nitrogens is 3. The molecule has 0 aliphatic rings. The molecule has 0 radical (unpaired) electrons. The second kappa shape index (κ2) is 9.62. The Morgan fingerprint density at radius 1 is 1.19 bits per heavy atom. The predicted octanol–water partition coefficient (Wildman–Crippen LogP) is 1.15. The van der Waals surface area contributed by atoms with E-state index < -0.39 is 0 Å². The molecule has 0 bridgehead atoms. The van der Waals surface area contributed by atoms with Gasteiger partial charge in [0.15, 0.2) is 6.20 Å². The van der Waals surface area contributed by atoms with Crippen LogP contribution in [0, 0.1) is 13.8 Å². The highest BCUT2D eigenvalue weighted by molar-refractivity contribution is 7.15. The molecule has 0 saturated heterocycles. The fourth-order valence-corrected chi connectivity index (χ4v) is 3.45. The molecule has 0 atom stereocenters. The molecule has 144 valence electrons. The van der Waals surface area contributed by atoms with Crippen molar-refractivity contribution >= 4 is 22.2 Å². The van der Waals surface area contributed by atoms with E-state index >= 15 is 0 Å². The minimum Gasteiger partial charge on any atom is -1.00 e. The summed E-state index contributed by atoms with van der Waals surface area (Å²) in [4.78, 5) is 5.56. The number of aryl methyl sites for hydroxylation is 3. The lowest BCUT2D eigenvalue weighted by molar-refractivity contribution is -0.678. The van der Waals surface area contributed by atoms with E-state index in [2.05, 4.69) is 68.4 Å². The van der Waals surface area contributed by atoms with E-state index in [1.165, 1.54) is 16.3 Å². The number of azo groups is 1. The van der Waals surface area contributed by atoms with Crippen molar-refractivity contribution in [1.82, 2.24) is 9.66 Å². The highest BCUT2D eigenvalue weighted by Gasteiger charge is 2.11. The fourth-order valence-electron chi connectivity index (χ4n) is 2.72. The number of hydrogen-bond acceptors (Lipinski definition) is 5. The topological polar surface area (TPSA) is 58.5 Å². The van der Waals surface area contributed by atoms with E-state index in [4.69, 9.17) is 0 Å². The second-order valence-corrected chi connectivity index (χ2v) is 7.39. The van der Waals surface area contributed by atoms with Crippen LogP contribution in [0.25, 0.3) is 0 Å². The van der Waals surface area contributed by atoms with Crippen LogP contribution < -0.4 is 22.4 Å². The Bertz CT molecular complexity index is 878. The molecule has 3 aromatic rings. The van der Waals surface area contributed by atoms with Gasteiger partial charge in [0, 0.05) is 11.3 Å². The van der Waals surface area contributed by atoms with Gasteiger partial charge in [0.2, 0.25) is 5.13 Å². The van der Waals surface area contributed by atoms with E-state index in [-0.39, 0.29) is 12.4 Å². The van der Waals surface area contributed by atoms with Crippen LogP contribution in [0.2, 0.25) is 0 Å². The summed E-state index contributed by atoms with van der Waals surface area (Å²) < 4.78 is 4.23. The van der Waals surface area contributed by atoms with Crippen molar-refractivity contribution in [2.45, 2.75) is 33.6 Å². The van der Waals surface area contributed by atoms with Crippen molar-refractivity contribution in [1.29, 1.82) is 0 Å². The molecular formula is C19H25ClN6S. The molecule has 0 fully saturated rings. The van der Waals surface area contributed by atoms with E-state index in [1.807, 2.05) is 26.0 Å². The van der Waals surface area contributed by atoms with Gasteiger partial charge in [0.05, 0.1) is 25.0 Å². The van der Waals surface area contributed by atoms with Gasteiger partial charge in [-0.1, -0.05) is 30.4 Å². The molecule has 6 nitrogen and oxygen atoms in total. The van der Waals surface area contributed by atoms with E-state index in [0.29, 0.717) is 5.13 Å². The number of benzene rings is 1. The zero-order valence-corrected chi connectivity index (χ0v) is 17.7. The van der Waals surface area contributed by atoms with Gasteiger partial charge in [-0.15, -0.1) is 14.9 Å². The third-order valence-corrected chi connectivity index (χ3v) is 5.30. The molecule has 2 aromatic heterocycles. The number of thiazole rings is 1. The molecule has 2 heterocycles. The molecule has 0 aliphatic heterocycles. The first kappa shape index (κ1) is 21.1. The molecule has 0 amide bonds. The number of imidazole rings is 1. The van der Waals surface area contributed by atoms with Crippen LogP contribution in [0.1, 0.15) is 28.9 Å². The lowest BCUT2D eigenvalue weighted by Crippen LogP contribution is -3.00. The van der Waals surface area contributed by atoms with Gasteiger partial charge >= 0.3 is 0 Å². The smallest absolute Gasteiger partial charge is 0.279 e. The maximum Gasteiger partial charge on any atom is 0.279 e. The molecule has 8 heteroatoms. The van der Waals surface area contributed by atoms with Gasteiger partial charge in [-0.3, -0.25) is 5.43 Å². The summed E-state index contributed by atoms with van der Waals surface area (Å²) in [5.74, 6) is 1.26. The molecule has 0 aliphatic carbocycles. The summed E-state index contributed by atoms with van der Waals surface area (Å²) >= 11 is 1.57. The average molecular weight is 405 g/mol. The van der Waals surface area contributed by atoms with Gasteiger partial charge < -0.3 is 12.4 Å². The van der Waals surface area contributed by atoms with Crippen molar-refractivity contribution < 1.29 is 17.0 Å². The van der Waals surface area contributed by atoms with E-state index in [0.717, 1.165) is 30.8 Å². The van der Waals surface area contributed by atoms with Crippen LogP contribution in [-0.4, -0.2) is 16.2 Å². The number of nitrogens with zero attached hydrogens (tertiary/aromatic N) is 5. The number of rotatable bonds is 7. The second-order valence-electron chi connectivity index (χ2n) is 6.21. The van der Waals surface area contributed by atoms with Crippen molar-refractivity contribution in [2.24, 2.45) is 17.3 Å². The van der Waals surface area contributed by atoms with Gasteiger partial charge in [0.1, 0.15) is 6.20 Å². The molecular weight excluding hydrogens is 380 g/mol. The maximum atomic E-state index is 4.37. The van der Waals surface area contributed by atoms with Crippen LogP contribution in [-0.2, 0) is 19.9 Å². The maximum absolute atomic E-state index is 4.37. The fraction of sp³-hybridized carbons (Fsp3) is 0.368. The summed E-state index contributed by atoms with van der Waals surface area (Å²) in [5, 5.41) is 9.21. The SMILES string of the molecule is CCc1n(NCCc2ccc(/N=N/c3nc(C)c(C)s3)cc2)cc[n+]1C.[Cl-]. The van der Waals surface area contributed by atoms with Crippen LogP contribution in [0.5, 0.6) is 0 Å². The normalized spacial score (nSPS) is 11.0. The highest BCUT2D eigenvalue weighted by Crippen LogP contribution is 2.26. The lowest BCUT2D eigenvalue weighted by atomic mass is 10.1. The first-order valence-corrected chi connectivity index (χ1v) is 9.63. The van der Waals surface area contributed by atoms with Crippen LogP contribution in [0.15, 0.2) is 46.9 Å². The molecule has 1 aromatic carbocycles. The van der Waals surface area contributed by atoms with Crippen molar-refractivity contribution in [3.05, 3.63) is 58.6 Å². The minimum absolute atomic E-state index is 0. The van der Waals surface area contributed by atoms with Crippen LogP contribution in [0.4, 0.5) is 10.8 Å². The molecule has 0 saturated carbocycles. The van der Waals surface area contributed by atoms with Crippen molar-refractivity contribution in [3.63, 3.8) is 0 Å². The summed E-state index contributed by atoms with van der Waals surface area (Å²) in [6, 6.07) is 8.20. The molecule has 27 heavy (non-hydrogen) atoms. The number of hydrogen-bond donors (Lipinski definition) is 1. The van der Waals surface area contributed by atoms with Gasteiger partial charge in [-0.2, -0.15) is 0 Å². The Morgan fingerprint density at radius 2 is 1.93 bits per heavy atom. The third-order valence-electron chi connectivity index (χ3n) is 4.34. The lowest BCUT2D eigenvalue weighted by Gasteiger charge is -2.05. The standard InChI is InChI=1S/C19H25N6S.ClH/c1-5-18-24(4)12-13-25(18)20-11-10-16-6-8-17(9-7-16)22-23-19-21-14(2)15(3)26-19;/h6-9,12-13,20H,5,10-11H2,1-4H3;1H/q+1;/p-1/b23-22+;. The third kappa shape index (κ3) is 5.37. The monoisotopic (exact) mass is 404 g/mol. The van der Waals surface area contributed by atoms with Crippen LogP contribution >= 0.6 is 11.3 Å². The first-order chi connectivity index (χ1) is 12.6. The van der Waals surface area contributed by atoms with E-state index in [9.17, 15) is 0 Å². The van der Waals surface area contributed by atoms with E-state index in [1.54, 1.807) is 11.3 Å². The number of nitrogens with one attached hydrogen (secondary N) is 1. The predicted molar refractivity (Wildman–Crippen MR) is 105 cm³/mol. The Morgan fingerprint density at radius 3 is 2.56 bits per heavy atom. The van der Waals surface area contributed by atoms with Crippen molar-refractivity contribution in [3.8, 4) is 0 Å². The Balaban J connectivity index is 0.00000261. The van der Waals surface area contributed by atoms with Gasteiger partial charge in [-0.05, 0) is 38.0 Å². The summed E-state index contributed by atoms with van der Waals surface area (Å²) in [5.41, 5.74) is 6.59. The minimum atomic E-state index is 0. The molecule has 3 rings (SSSR count). The van der Waals surface area contributed by atoms with Crippen LogP contribution in [0.3, 0.4) is 0 Å². The zero-order valence-electron chi connectivity index (χ0n) is 16.1. The van der Waals surface area contributed by atoms with Gasteiger partial charge in [0.25, 0.3) is 5.82 Å². The van der Waals surface area contributed by atoms with Crippen molar-refractivity contribution in [2.75, 3.05) is 12.0 Å². The Hall–Kier alpha value is -2.25. The van der Waals surface area contributed by atoms with Gasteiger partial charge in [-0.25, -0.2) is 9.55 Å². The zero-order chi connectivity index (χ0) is 18.5. The summed E-state index contributed by atoms with van der Waals surface area (Å²) in [7, 11) is 2.07. The molecule has 1 N–H and O–H groups in total. The average Bonchev–Trinajstić information content (AvgIpc) is 3.16. The largest absolute Gasteiger partial charge is 1.00 e. The highest BCUT2D eigenvalue weighted by atomic mass is 35.5. The summed E-state index contributed by atoms with van der Waals surface area (Å²) in [6.45, 7) is 7.08. The summed E-state index contributed by atoms with van der Waals surface area (Å²) in [6.07, 6.45) is 6.07. The number of halogens is 1. The Labute approximate surface area is 170 Å².